The van der Waals surface area contributed by atoms with Crippen molar-refractivity contribution in [3.05, 3.63) is 12.7 Å². The molecule has 1 amide bonds. The third-order valence-electron chi connectivity index (χ3n) is 2.18. The van der Waals surface area contributed by atoms with Crippen LogP contribution >= 0.6 is 0 Å². The summed E-state index contributed by atoms with van der Waals surface area (Å²) in [6.07, 6.45) is 2.99. The number of carbonyl (C=O) groups is 2. The summed E-state index contributed by atoms with van der Waals surface area (Å²) in [6, 6.07) is -0.199. The van der Waals surface area contributed by atoms with Crippen LogP contribution in [0, 0.1) is 0 Å². The summed E-state index contributed by atoms with van der Waals surface area (Å²) in [6.45, 7) is 9.61. The van der Waals surface area contributed by atoms with Crippen LogP contribution in [0.2, 0.25) is 0 Å². The van der Waals surface area contributed by atoms with Gasteiger partial charge in [-0.3, -0.25) is 9.59 Å². The number of hydrogen-bond acceptors (Lipinski definition) is 2. The Balaban J connectivity index is 0.000000791. The summed E-state index contributed by atoms with van der Waals surface area (Å²) in [7, 11) is 0. The summed E-state index contributed by atoms with van der Waals surface area (Å²) in [5.74, 6) is -0.0598. The number of rotatable bonds is 2. The van der Waals surface area contributed by atoms with Gasteiger partial charge in [0.25, 0.3) is 0 Å². The maximum absolute atomic E-state index is 11.2. The molecule has 0 saturated carbocycles. The molecule has 0 radical (unpaired) electrons. The van der Waals surface area contributed by atoms with Crippen LogP contribution in [0.5, 0.6) is 0 Å². The van der Waals surface area contributed by atoms with E-state index in [2.05, 4.69) is 6.58 Å². The Labute approximate surface area is 85.8 Å². The highest BCUT2D eigenvalue weighted by Gasteiger charge is 2.30. The largest absolute Gasteiger partial charge is 0.329 e. The highest BCUT2D eigenvalue weighted by Crippen LogP contribution is 2.17. The third kappa shape index (κ3) is 2.98. The van der Waals surface area contributed by atoms with Gasteiger partial charge in [-0.05, 0) is 25.8 Å². The Kier molecular flexibility index (Phi) is 5.84. The van der Waals surface area contributed by atoms with E-state index in [0.29, 0.717) is 6.54 Å². The zero-order valence-electron chi connectivity index (χ0n) is 9.25. The number of amides is 1. The summed E-state index contributed by atoms with van der Waals surface area (Å²) >= 11 is 0. The van der Waals surface area contributed by atoms with E-state index in [4.69, 9.17) is 0 Å². The second kappa shape index (κ2) is 6.35. The molecule has 1 rings (SSSR count). The van der Waals surface area contributed by atoms with E-state index >= 15 is 0 Å². The summed E-state index contributed by atoms with van der Waals surface area (Å²) in [4.78, 5) is 23.8. The molecular formula is C11H19NO2. The van der Waals surface area contributed by atoms with Gasteiger partial charge in [0.2, 0.25) is 5.91 Å². The van der Waals surface area contributed by atoms with Crippen LogP contribution in [0.15, 0.2) is 12.7 Å². The Bertz CT molecular complexity index is 223. The lowest BCUT2D eigenvalue weighted by atomic mass is 10.1. The predicted octanol–water partition coefficient (Wildman–Crippen LogP) is 1.78. The van der Waals surface area contributed by atoms with E-state index in [-0.39, 0.29) is 17.7 Å². The molecule has 0 aromatic heterocycles. The summed E-state index contributed by atoms with van der Waals surface area (Å²) in [5, 5.41) is 0. The number of carbonyl (C=O) groups excluding carboxylic acids is 2. The van der Waals surface area contributed by atoms with Crippen molar-refractivity contribution in [3.63, 3.8) is 0 Å². The molecule has 3 heteroatoms. The van der Waals surface area contributed by atoms with Crippen LogP contribution in [-0.4, -0.2) is 29.2 Å². The summed E-state index contributed by atoms with van der Waals surface area (Å²) < 4.78 is 0. The zero-order valence-corrected chi connectivity index (χ0v) is 9.25. The van der Waals surface area contributed by atoms with Gasteiger partial charge in [-0.15, -0.1) is 0 Å². The van der Waals surface area contributed by atoms with E-state index < -0.39 is 0 Å². The fraction of sp³-hybridized carbons (Fsp3) is 0.636. The molecule has 1 atom stereocenters. The molecule has 0 bridgehead atoms. The van der Waals surface area contributed by atoms with Gasteiger partial charge >= 0.3 is 0 Å². The first-order valence-corrected chi connectivity index (χ1v) is 5.10. The first kappa shape index (κ1) is 12.9. The highest BCUT2D eigenvalue weighted by molar-refractivity contribution is 5.93. The van der Waals surface area contributed by atoms with Crippen LogP contribution in [0.1, 0.15) is 33.6 Å². The van der Waals surface area contributed by atoms with Crippen molar-refractivity contribution in [3.8, 4) is 0 Å². The minimum Gasteiger partial charge on any atom is -0.329 e. The maximum Gasteiger partial charge on any atom is 0.246 e. The van der Waals surface area contributed by atoms with E-state index in [1.807, 2.05) is 13.8 Å². The molecular weight excluding hydrogens is 178 g/mol. The molecule has 1 aliphatic heterocycles. The molecule has 0 spiro atoms. The lowest BCUT2D eigenvalue weighted by Gasteiger charge is -2.20. The minimum absolute atomic E-state index is 0.0719. The van der Waals surface area contributed by atoms with Crippen LogP contribution < -0.4 is 0 Å². The van der Waals surface area contributed by atoms with Gasteiger partial charge in [-0.1, -0.05) is 20.4 Å². The topological polar surface area (TPSA) is 37.4 Å². The molecule has 0 N–H and O–H groups in total. The van der Waals surface area contributed by atoms with Gasteiger partial charge in [0.1, 0.15) is 0 Å². The van der Waals surface area contributed by atoms with Gasteiger partial charge in [0.05, 0.1) is 6.04 Å². The maximum atomic E-state index is 11.2. The van der Waals surface area contributed by atoms with Crippen molar-refractivity contribution in [2.75, 3.05) is 6.54 Å². The average molecular weight is 197 g/mol. The first-order chi connectivity index (χ1) is 6.66. The van der Waals surface area contributed by atoms with Gasteiger partial charge < -0.3 is 4.90 Å². The molecule has 0 unspecified atom stereocenters. The Hall–Kier alpha value is -1.12. The standard InChI is InChI=1S/C9H13NO2.C2H6/c1-3-9(12)10-6-4-5-8(10)7(2)11;1-2/h3,8H,1,4-6H2,2H3;1-2H3/t8-;/m0./s1. The fourth-order valence-corrected chi connectivity index (χ4v) is 1.57. The lowest BCUT2D eigenvalue weighted by Crippen LogP contribution is -2.38. The van der Waals surface area contributed by atoms with Gasteiger partial charge in [0.15, 0.2) is 5.78 Å². The van der Waals surface area contributed by atoms with Crippen molar-refractivity contribution in [1.29, 1.82) is 0 Å². The number of nitrogens with zero attached hydrogens (tertiary/aromatic N) is 1. The monoisotopic (exact) mass is 197 g/mol. The van der Waals surface area contributed by atoms with Crippen LogP contribution in [0.25, 0.3) is 0 Å². The average Bonchev–Trinajstić information content (AvgIpc) is 2.68. The molecule has 0 aromatic carbocycles. The third-order valence-corrected chi connectivity index (χ3v) is 2.18. The van der Waals surface area contributed by atoms with Gasteiger partial charge in [0, 0.05) is 6.54 Å². The summed E-state index contributed by atoms with van der Waals surface area (Å²) in [5.41, 5.74) is 0. The van der Waals surface area contributed by atoms with Crippen molar-refractivity contribution < 1.29 is 9.59 Å². The Morgan fingerprint density at radius 2 is 2.00 bits per heavy atom. The van der Waals surface area contributed by atoms with Gasteiger partial charge in [-0.25, -0.2) is 0 Å². The second-order valence-corrected chi connectivity index (χ2v) is 3.00. The number of likely N-dealkylation sites (tertiary alicyclic amines) is 1. The Morgan fingerprint density at radius 1 is 1.43 bits per heavy atom. The lowest BCUT2D eigenvalue weighted by molar-refractivity contribution is -0.133. The quantitative estimate of drug-likeness (QED) is 0.633. The first-order valence-electron chi connectivity index (χ1n) is 5.10. The van der Waals surface area contributed by atoms with Crippen LogP contribution in [0.3, 0.4) is 0 Å². The van der Waals surface area contributed by atoms with E-state index in [1.165, 1.54) is 13.0 Å². The predicted molar refractivity (Wildman–Crippen MR) is 57.0 cm³/mol. The van der Waals surface area contributed by atoms with Crippen LogP contribution in [-0.2, 0) is 9.59 Å². The molecule has 0 aliphatic carbocycles. The van der Waals surface area contributed by atoms with Crippen molar-refractivity contribution in [2.24, 2.45) is 0 Å². The molecule has 1 saturated heterocycles. The van der Waals surface area contributed by atoms with E-state index in [1.54, 1.807) is 4.90 Å². The fourth-order valence-electron chi connectivity index (χ4n) is 1.57. The van der Waals surface area contributed by atoms with Crippen LogP contribution in [0.4, 0.5) is 0 Å². The molecule has 1 heterocycles. The molecule has 1 fully saturated rings. The molecule has 80 valence electrons. The van der Waals surface area contributed by atoms with Crippen molar-refractivity contribution in [1.82, 2.24) is 4.90 Å². The minimum atomic E-state index is -0.199. The normalized spacial score (nSPS) is 19.6. The molecule has 3 nitrogen and oxygen atoms in total. The number of Topliss-reactive ketones (excluding diaryl/α,β-unsaturated/α-hetero) is 1. The van der Waals surface area contributed by atoms with Gasteiger partial charge in [-0.2, -0.15) is 0 Å². The zero-order chi connectivity index (χ0) is 11.1. The molecule has 0 aromatic rings. The molecule has 1 aliphatic rings. The van der Waals surface area contributed by atoms with E-state index in [9.17, 15) is 9.59 Å². The van der Waals surface area contributed by atoms with Crippen molar-refractivity contribution >= 4 is 11.7 Å². The van der Waals surface area contributed by atoms with Crippen molar-refractivity contribution in [2.45, 2.75) is 39.7 Å². The SMILES string of the molecule is C=CC(=O)N1CCC[C@H]1C(C)=O.CC. The van der Waals surface area contributed by atoms with E-state index in [0.717, 1.165) is 12.8 Å². The smallest absolute Gasteiger partial charge is 0.246 e. The second-order valence-electron chi connectivity index (χ2n) is 3.00. The number of ketones is 1. The molecule has 14 heavy (non-hydrogen) atoms. The Morgan fingerprint density at radius 3 is 2.43 bits per heavy atom. The highest BCUT2D eigenvalue weighted by atomic mass is 16.2. The number of hydrogen-bond donors (Lipinski definition) is 0.